The van der Waals surface area contributed by atoms with Gasteiger partial charge in [-0.3, -0.25) is 4.79 Å². The molecule has 1 amide bonds. The van der Waals surface area contributed by atoms with Gasteiger partial charge in [-0.2, -0.15) is 0 Å². The molecule has 4 nitrogen and oxygen atoms in total. The monoisotopic (exact) mass is 394 g/mol. The lowest BCUT2D eigenvalue weighted by atomic mass is 10.1. The number of aliphatic hydroxyl groups is 1. The number of anilines is 1. The third-order valence-corrected chi connectivity index (χ3v) is 4.63. The fourth-order valence-electron chi connectivity index (χ4n) is 2.94. The summed E-state index contributed by atoms with van der Waals surface area (Å²) in [5.74, 6) is -0.194. The van der Waals surface area contributed by atoms with E-state index in [-0.39, 0.29) is 12.5 Å². The Kier molecular flexibility index (Phi) is 7.06. The molecule has 2 N–H and O–H groups in total. The van der Waals surface area contributed by atoms with Crippen molar-refractivity contribution in [2.75, 3.05) is 18.0 Å². The number of benzene rings is 3. The summed E-state index contributed by atoms with van der Waals surface area (Å²) in [4.78, 5) is 14.3. The van der Waals surface area contributed by atoms with Gasteiger partial charge in [-0.1, -0.05) is 60.1 Å². The smallest absolute Gasteiger partial charge is 0.251 e. The number of hydrogen-bond acceptors (Lipinski definition) is 3. The number of amides is 1. The van der Waals surface area contributed by atoms with Crippen LogP contribution in [0.15, 0.2) is 84.9 Å². The number of nitrogens with zero attached hydrogens (tertiary/aromatic N) is 1. The molecule has 0 radical (unpaired) electrons. The van der Waals surface area contributed by atoms with Crippen molar-refractivity contribution in [2.24, 2.45) is 0 Å². The predicted octanol–water partition coefficient (Wildman–Crippen LogP) is 4.14. The van der Waals surface area contributed by atoms with Crippen LogP contribution in [0, 0.1) is 0 Å². The van der Waals surface area contributed by atoms with Crippen molar-refractivity contribution < 1.29 is 9.90 Å². The highest BCUT2D eigenvalue weighted by molar-refractivity contribution is 6.30. The SMILES string of the molecule is O=C(NCC(O)CN(Cc1ccccc1)c1ccc(Cl)cc1)c1ccccc1. The Bertz CT molecular complexity index is 870. The highest BCUT2D eigenvalue weighted by Gasteiger charge is 2.15. The summed E-state index contributed by atoms with van der Waals surface area (Å²) < 4.78 is 0. The first-order chi connectivity index (χ1) is 13.6. The summed E-state index contributed by atoms with van der Waals surface area (Å²) in [6.07, 6.45) is -0.716. The molecule has 1 unspecified atom stereocenters. The van der Waals surface area contributed by atoms with Crippen LogP contribution in [0.2, 0.25) is 5.02 Å². The highest BCUT2D eigenvalue weighted by atomic mass is 35.5. The molecule has 0 spiro atoms. The van der Waals surface area contributed by atoms with Gasteiger partial charge in [0.15, 0.2) is 0 Å². The minimum Gasteiger partial charge on any atom is -0.389 e. The van der Waals surface area contributed by atoms with E-state index in [0.717, 1.165) is 11.3 Å². The third-order valence-electron chi connectivity index (χ3n) is 4.37. The second-order valence-electron chi connectivity index (χ2n) is 6.57. The molecule has 0 aliphatic rings. The Hall–Kier alpha value is -2.82. The van der Waals surface area contributed by atoms with Gasteiger partial charge in [-0.15, -0.1) is 0 Å². The first-order valence-electron chi connectivity index (χ1n) is 9.17. The molecule has 0 saturated heterocycles. The fourth-order valence-corrected chi connectivity index (χ4v) is 3.06. The number of halogens is 1. The van der Waals surface area contributed by atoms with E-state index in [1.165, 1.54) is 0 Å². The number of rotatable bonds is 8. The van der Waals surface area contributed by atoms with Crippen LogP contribution >= 0.6 is 11.6 Å². The van der Waals surface area contributed by atoms with Gasteiger partial charge in [0.2, 0.25) is 0 Å². The Morgan fingerprint density at radius 2 is 1.54 bits per heavy atom. The first-order valence-corrected chi connectivity index (χ1v) is 9.55. The number of hydrogen-bond donors (Lipinski definition) is 2. The molecule has 0 aliphatic carbocycles. The number of aliphatic hydroxyl groups excluding tert-OH is 1. The average molecular weight is 395 g/mol. The van der Waals surface area contributed by atoms with Crippen molar-refractivity contribution in [1.29, 1.82) is 0 Å². The molecule has 0 saturated carbocycles. The molecule has 0 bridgehead atoms. The summed E-state index contributed by atoms with van der Waals surface area (Å²) in [5.41, 5.74) is 2.67. The van der Waals surface area contributed by atoms with Crippen LogP contribution in [-0.4, -0.2) is 30.2 Å². The summed E-state index contributed by atoms with van der Waals surface area (Å²) in [6.45, 7) is 1.20. The topological polar surface area (TPSA) is 52.6 Å². The van der Waals surface area contributed by atoms with E-state index in [2.05, 4.69) is 10.2 Å². The number of nitrogens with one attached hydrogen (secondary N) is 1. The van der Waals surface area contributed by atoms with Gasteiger partial charge >= 0.3 is 0 Å². The standard InChI is InChI=1S/C23H23ClN2O2/c24-20-11-13-21(14-12-20)26(16-18-7-3-1-4-8-18)17-22(27)15-25-23(28)19-9-5-2-6-10-19/h1-14,22,27H,15-17H2,(H,25,28). The lowest BCUT2D eigenvalue weighted by Crippen LogP contribution is -2.40. The molecule has 3 rings (SSSR count). The minimum absolute atomic E-state index is 0.173. The van der Waals surface area contributed by atoms with Crippen LogP contribution in [0.3, 0.4) is 0 Å². The number of carbonyl (C=O) groups is 1. The highest BCUT2D eigenvalue weighted by Crippen LogP contribution is 2.20. The Morgan fingerprint density at radius 1 is 0.929 bits per heavy atom. The summed E-state index contributed by atoms with van der Waals surface area (Å²) in [6, 6.07) is 26.6. The van der Waals surface area contributed by atoms with Crippen molar-refractivity contribution in [2.45, 2.75) is 12.6 Å². The van der Waals surface area contributed by atoms with Gasteiger partial charge in [0.05, 0.1) is 6.10 Å². The Labute approximate surface area is 170 Å². The van der Waals surface area contributed by atoms with E-state index < -0.39 is 6.10 Å². The average Bonchev–Trinajstić information content (AvgIpc) is 2.73. The van der Waals surface area contributed by atoms with E-state index in [4.69, 9.17) is 11.6 Å². The summed E-state index contributed by atoms with van der Waals surface area (Å²) in [7, 11) is 0. The molecule has 0 fully saturated rings. The maximum Gasteiger partial charge on any atom is 0.251 e. The van der Waals surface area contributed by atoms with Gasteiger partial charge in [0.1, 0.15) is 0 Å². The van der Waals surface area contributed by atoms with Crippen LogP contribution in [0.4, 0.5) is 5.69 Å². The summed E-state index contributed by atoms with van der Waals surface area (Å²) in [5, 5.41) is 14.0. The maximum atomic E-state index is 12.2. The molecule has 0 aromatic heterocycles. The lowest BCUT2D eigenvalue weighted by Gasteiger charge is -2.28. The zero-order chi connectivity index (χ0) is 19.8. The van der Waals surface area contributed by atoms with Crippen molar-refractivity contribution in [1.82, 2.24) is 5.32 Å². The second-order valence-corrected chi connectivity index (χ2v) is 7.01. The molecule has 144 valence electrons. The van der Waals surface area contributed by atoms with Crippen molar-refractivity contribution in [3.05, 3.63) is 101 Å². The zero-order valence-electron chi connectivity index (χ0n) is 15.5. The molecule has 1 atom stereocenters. The minimum atomic E-state index is -0.716. The zero-order valence-corrected chi connectivity index (χ0v) is 16.2. The van der Waals surface area contributed by atoms with Crippen LogP contribution in [0.25, 0.3) is 0 Å². The van der Waals surface area contributed by atoms with Crippen LogP contribution in [-0.2, 0) is 6.54 Å². The largest absolute Gasteiger partial charge is 0.389 e. The molecular formula is C23H23ClN2O2. The van der Waals surface area contributed by atoms with E-state index in [0.29, 0.717) is 23.7 Å². The Balaban J connectivity index is 1.64. The fraction of sp³-hybridized carbons (Fsp3) is 0.174. The molecule has 28 heavy (non-hydrogen) atoms. The van der Waals surface area contributed by atoms with Gasteiger partial charge in [0.25, 0.3) is 5.91 Å². The van der Waals surface area contributed by atoms with Gasteiger partial charge < -0.3 is 15.3 Å². The van der Waals surface area contributed by atoms with Crippen molar-refractivity contribution in [3.63, 3.8) is 0 Å². The van der Waals surface area contributed by atoms with E-state index in [9.17, 15) is 9.90 Å². The maximum absolute atomic E-state index is 12.2. The predicted molar refractivity (Wildman–Crippen MR) is 114 cm³/mol. The van der Waals surface area contributed by atoms with Crippen molar-refractivity contribution >= 4 is 23.2 Å². The number of carbonyl (C=O) groups excluding carboxylic acids is 1. The van der Waals surface area contributed by atoms with Crippen LogP contribution in [0.5, 0.6) is 0 Å². The van der Waals surface area contributed by atoms with E-state index >= 15 is 0 Å². The molecule has 0 heterocycles. The molecule has 3 aromatic carbocycles. The normalized spacial score (nSPS) is 11.6. The third kappa shape index (κ3) is 5.84. The second kappa shape index (κ2) is 9.93. The van der Waals surface area contributed by atoms with E-state index in [1.807, 2.05) is 72.8 Å². The Morgan fingerprint density at radius 3 is 2.18 bits per heavy atom. The molecule has 0 aliphatic heterocycles. The lowest BCUT2D eigenvalue weighted by molar-refractivity contribution is 0.0918. The molecule has 3 aromatic rings. The summed E-state index contributed by atoms with van der Waals surface area (Å²) >= 11 is 6.01. The first kappa shape index (κ1) is 19.9. The van der Waals surface area contributed by atoms with E-state index in [1.54, 1.807) is 12.1 Å². The van der Waals surface area contributed by atoms with Crippen molar-refractivity contribution in [3.8, 4) is 0 Å². The van der Waals surface area contributed by atoms with Crippen LogP contribution < -0.4 is 10.2 Å². The van der Waals surface area contributed by atoms with Crippen LogP contribution in [0.1, 0.15) is 15.9 Å². The molecular weight excluding hydrogens is 372 g/mol. The molecule has 5 heteroatoms. The quantitative estimate of drug-likeness (QED) is 0.603. The van der Waals surface area contributed by atoms with Gasteiger partial charge in [-0.25, -0.2) is 0 Å². The van der Waals surface area contributed by atoms with Gasteiger partial charge in [0, 0.05) is 35.9 Å². The van der Waals surface area contributed by atoms with Gasteiger partial charge in [-0.05, 0) is 42.0 Å².